The Morgan fingerprint density at radius 1 is 0.630 bits per heavy atom. The minimum Gasteiger partial charge on any atom is -0.529 e. The van der Waals surface area contributed by atoms with Gasteiger partial charge >= 0.3 is 16.5 Å². The average Bonchev–Trinajstić information content (AvgIpc) is 2.59. The first-order valence-corrected chi connectivity index (χ1v) is 9.86. The van der Waals surface area contributed by atoms with Crippen LogP contribution >= 0.6 is 0 Å². The van der Waals surface area contributed by atoms with Gasteiger partial charge in [-0.2, -0.15) is 0 Å². The van der Waals surface area contributed by atoms with E-state index >= 15 is 0 Å². The molecule has 8 nitrogen and oxygen atoms in total. The van der Waals surface area contributed by atoms with Gasteiger partial charge in [0.05, 0.1) is 0 Å². The maximum absolute atomic E-state index is 10.3. The number of hydrogen-bond acceptors (Lipinski definition) is 6. The molecule has 0 heterocycles. The molecule has 9 heteroatoms. The first-order valence-electron chi connectivity index (χ1n) is 9.86. The second-order valence-corrected chi connectivity index (χ2v) is 6.19. The van der Waals surface area contributed by atoms with Crippen LogP contribution in [0.4, 0.5) is 9.59 Å². The number of rotatable bonds is 14. The predicted octanol–water partition coefficient (Wildman–Crippen LogP) is 1.47. The number of hydrogen-bond donors (Lipinski definition) is 2. The molecule has 164 valence electrons. The van der Waals surface area contributed by atoms with E-state index in [1.807, 2.05) is 0 Å². The van der Waals surface area contributed by atoms with Crippen molar-refractivity contribution in [2.45, 2.75) is 79.1 Å². The van der Waals surface area contributed by atoms with Crippen LogP contribution in [0.25, 0.3) is 0 Å². The van der Waals surface area contributed by atoms with Crippen LogP contribution < -0.4 is 21.1 Å². The predicted molar refractivity (Wildman–Crippen MR) is 99.8 cm³/mol. The van der Waals surface area contributed by atoms with Crippen LogP contribution in [0.15, 0.2) is 0 Å². The van der Waals surface area contributed by atoms with Crippen molar-refractivity contribution < 1.29 is 36.3 Å². The number of unbranched alkanes of at least 4 members (excludes halogenated alkanes) is 4. The Hall–Kier alpha value is -1.05. The normalized spacial score (nSPS) is 10.0. The summed E-state index contributed by atoms with van der Waals surface area (Å²) >= 11 is 0. The van der Waals surface area contributed by atoms with E-state index in [0.717, 1.165) is 77.5 Å². The number of hydrazine groups is 2. The van der Waals surface area contributed by atoms with Crippen LogP contribution in [0.2, 0.25) is 0 Å². The van der Waals surface area contributed by atoms with E-state index in [1.165, 1.54) is 0 Å². The fraction of sp³-hybridized carbons (Fsp3) is 0.889. The van der Waals surface area contributed by atoms with Gasteiger partial charge in [0, 0.05) is 26.2 Å². The van der Waals surface area contributed by atoms with Crippen molar-refractivity contribution in [3.63, 3.8) is 0 Å². The number of carboxylic acid groups (broad SMARTS) is 2. The van der Waals surface area contributed by atoms with E-state index in [-0.39, 0.29) is 16.5 Å². The first kappa shape index (κ1) is 30.7. The van der Waals surface area contributed by atoms with E-state index in [9.17, 15) is 19.8 Å². The topological polar surface area (TPSA) is 111 Å². The van der Waals surface area contributed by atoms with Gasteiger partial charge in [-0.25, -0.2) is 10.0 Å². The molecule has 0 aromatic carbocycles. The van der Waals surface area contributed by atoms with Gasteiger partial charge in [0.1, 0.15) is 12.2 Å². The summed E-state index contributed by atoms with van der Waals surface area (Å²) in [6, 6.07) is 0. The third-order valence-electron chi connectivity index (χ3n) is 3.63. The van der Waals surface area contributed by atoms with Crippen LogP contribution in [0.1, 0.15) is 79.1 Å². The number of nitrogens with one attached hydrogen (secondary N) is 2. The van der Waals surface area contributed by atoms with Crippen LogP contribution in [0, 0.1) is 0 Å². The van der Waals surface area contributed by atoms with Gasteiger partial charge < -0.3 is 30.7 Å². The first-order chi connectivity index (χ1) is 12.4. The van der Waals surface area contributed by atoms with Crippen molar-refractivity contribution in [3.05, 3.63) is 0 Å². The van der Waals surface area contributed by atoms with Crippen molar-refractivity contribution in [2.24, 2.45) is 0 Å². The quantitative estimate of drug-likeness (QED) is 0.317. The molecular weight excluding hydrogens is 395 g/mol. The third-order valence-corrected chi connectivity index (χ3v) is 3.63. The van der Waals surface area contributed by atoms with E-state index in [1.54, 1.807) is 10.0 Å². The van der Waals surface area contributed by atoms with Crippen molar-refractivity contribution in [1.29, 1.82) is 0 Å². The summed E-state index contributed by atoms with van der Waals surface area (Å²) in [5.74, 6) is 0. The van der Waals surface area contributed by atoms with Gasteiger partial charge in [-0.15, -0.1) is 0 Å². The molecule has 0 aromatic heterocycles. The molecule has 0 radical (unpaired) electrons. The zero-order chi connectivity index (χ0) is 20.2. The van der Waals surface area contributed by atoms with E-state index in [4.69, 9.17) is 0 Å². The molecule has 0 aliphatic carbocycles. The molecule has 0 saturated carbocycles. The van der Waals surface area contributed by atoms with Crippen LogP contribution in [-0.2, 0) is 16.5 Å². The summed E-state index contributed by atoms with van der Waals surface area (Å²) in [4.78, 5) is 20.5. The van der Waals surface area contributed by atoms with Crippen molar-refractivity contribution in [3.8, 4) is 0 Å². The van der Waals surface area contributed by atoms with E-state index < -0.39 is 12.2 Å². The molecule has 0 bridgehead atoms. The monoisotopic (exact) mass is 432 g/mol. The molecule has 0 unspecified atom stereocenters. The maximum atomic E-state index is 10.3. The Kier molecular flexibility index (Phi) is 26.1. The fourth-order valence-corrected chi connectivity index (χ4v) is 2.10. The summed E-state index contributed by atoms with van der Waals surface area (Å²) in [6.07, 6.45) is 5.85. The average molecular weight is 433 g/mol. The summed E-state index contributed by atoms with van der Waals surface area (Å²) in [5, 5.41) is 24.0. The van der Waals surface area contributed by atoms with Crippen molar-refractivity contribution in [2.75, 3.05) is 26.2 Å². The molecule has 0 saturated heterocycles. The number of carbonyl (C=O) groups is 2. The Balaban J connectivity index is -0.000000411. The van der Waals surface area contributed by atoms with Gasteiger partial charge in [-0.05, 0) is 25.7 Å². The summed E-state index contributed by atoms with van der Waals surface area (Å²) < 4.78 is 0. The third kappa shape index (κ3) is 25.0. The molecular formula is C18H38N4NiO4. The maximum Gasteiger partial charge on any atom is 2.00 e. The van der Waals surface area contributed by atoms with Gasteiger partial charge in [-0.3, -0.25) is 0 Å². The molecule has 0 rings (SSSR count). The van der Waals surface area contributed by atoms with Crippen molar-refractivity contribution in [1.82, 2.24) is 20.9 Å². The summed E-state index contributed by atoms with van der Waals surface area (Å²) in [5.41, 5.74) is 4.58. The van der Waals surface area contributed by atoms with Gasteiger partial charge in [0.25, 0.3) is 0 Å². The Morgan fingerprint density at radius 3 is 1.00 bits per heavy atom. The molecule has 0 spiro atoms. The van der Waals surface area contributed by atoms with Crippen LogP contribution in [0.5, 0.6) is 0 Å². The molecule has 2 amide bonds. The standard InChI is InChI=1S/2C9H20N2O2.Ni/c2*1-3-5-7-11(8-6-4-2)10-9(12)13;/h2*10H,3-8H2,1-2H3,(H,12,13);/q;;+2/p-2. The Morgan fingerprint density at radius 2 is 0.852 bits per heavy atom. The zero-order valence-corrected chi connectivity index (χ0v) is 18.3. The number of nitrogens with zero attached hydrogens (tertiary/aromatic N) is 2. The van der Waals surface area contributed by atoms with Gasteiger partial charge in [0.15, 0.2) is 0 Å². The van der Waals surface area contributed by atoms with Crippen molar-refractivity contribution >= 4 is 12.2 Å². The smallest absolute Gasteiger partial charge is 0.529 e. The molecule has 0 aliphatic rings. The molecule has 0 atom stereocenters. The minimum absolute atomic E-state index is 0. The molecule has 0 fully saturated rings. The Labute approximate surface area is 174 Å². The summed E-state index contributed by atoms with van der Waals surface area (Å²) in [7, 11) is 0. The van der Waals surface area contributed by atoms with E-state index in [2.05, 4.69) is 38.5 Å². The van der Waals surface area contributed by atoms with Crippen LogP contribution in [0.3, 0.4) is 0 Å². The molecule has 2 N–H and O–H groups in total. The van der Waals surface area contributed by atoms with Crippen LogP contribution in [-0.4, -0.2) is 48.4 Å². The van der Waals surface area contributed by atoms with Gasteiger partial charge in [-0.1, -0.05) is 53.4 Å². The molecule has 27 heavy (non-hydrogen) atoms. The SMILES string of the molecule is CCCCN(CCCC)NC(=O)[O-].CCCCN(CCCC)NC(=O)[O-].[Ni+2]. The second-order valence-electron chi connectivity index (χ2n) is 6.19. The van der Waals surface area contributed by atoms with E-state index in [0.29, 0.717) is 0 Å². The zero-order valence-electron chi connectivity index (χ0n) is 17.3. The van der Waals surface area contributed by atoms with Gasteiger partial charge in [0.2, 0.25) is 0 Å². The summed E-state index contributed by atoms with van der Waals surface area (Å²) in [6.45, 7) is 11.4. The second kappa shape index (κ2) is 23.0. The molecule has 0 aliphatic heterocycles. The Bertz CT molecular complexity index is 301. The molecule has 0 aromatic rings. The number of amides is 2. The minimum atomic E-state index is -1.22. The largest absolute Gasteiger partial charge is 2.00 e. The number of carbonyl (C=O) groups excluding carboxylic acids is 2. The fourth-order valence-electron chi connectivity index (χ4n) is 2.10.